The van der Waals surface area contributed by atoms with Crippen molar-refractivity contribution in [3.63, 3.8) is 0 Å². The average molecular weight is 267 g/mol. The third-order valence-electron chi connectivity index (χ3n) is 1.67. The molecule has 3 nitrogen and oxygen atoms in total. The number of aliphatic hydroxyl groups excluding tert-OH is 1. The van der Waals surface area contributed by atoms with Crippen molar-refractivity contribution in [2.24, 2.45) is 5.73 Å². The first-order valence-corrected chi connectivity index (χ1v) is 4.77. The molecule has 1 rings (SSSR count). The van der Waals surface area contributed by atoms with Gasteiger partial charge in [0.15, 0.2) is 0 Å². The monoisotopic (exact) mass is 265 g/mol. The summed E-state index contributed by atoms with van der Waals surface area (Å²) in [5.74, 6) is -0.00486. The van der Waals surface area contributed by atoms with Gasteiger partial charge in [0.25, 0.3) is 0 Å². The van der Waals surface area contributed by atoms with Crippen molar-refractivity contribution in [1.82, 2.24) is 0 Å². The summed E-state index contributed by atoms with van der Waals surface area (Å²) < 4.78 is 0.644. The summed E-state index contributed by atoms with van der Waals surface area (Å²) in [5.41, 5.74) is 6.01. The molecule has 0 bridgehead atoms. The molecule has 1 aromatic rings. The minimum atomic E-state index is -0.589. The predicted molar refractivity (Wildman–Crippen MR) is 54.8 cm³/mol. The molecule has 0 fully saturated rings. The van der Waals surface area contributed by atoms with Gasteiger partial charge < -0.3 is 15.9 Å². The standard InChI is InChI=1S/C8H9BrClNO2/c9-5-1-4(7(11)3-12)8(13)2-6(5)10/h1-2,7,12-13H,3,11H2/t7-/m0/s1. The molecule has 0 aliphatic carbocycles. The van der Waals surface area contributed by atoms with Crippen molar-refractivity contribution < 1.29 is 10.2 Å². The van der Waals surface area contributed by atoms with Crippen LogP contribution in [0.5, 0.6) is 5.75 Å². The molecular weight excluding hydrogens is 257 g/mol. The zero-order chi connectivity index (χ0) is 10.0. The van der Waals surface area contributed by atoms with Crippen LogP contribution in [0.15, 0.2) is 16.6 Å². The summed E-state index contributed by atoms with van der Waals surface area (Å²) in [5, 5.41) is 18.6. The SMILES string of the molecule is N[C@@H](CO)c1cc(Br)c(Cl)cc1O. The van der Waals surface area contributed by atoms with Gasteiger partial charge in [0.2, 0.25) is 0 Å². The van der Waals surface area contributed by atoms with Crippen molar-refractivity contribution in [1.29, 1.82) is 0 Å². The topological polar surface area (TPSA) is 66.5 Å². The van der Waals surface area contributed by atoms with Crippen molar-refractivity contribution in [2.75, 3.05) is 6.61 Å². The Labute approximate surface area is 89.3 Å². The predicted octanol–water partition coefficient (Wildman–Crippen LogP) is 1.80. The first-order valence-electron chi connectivity index (χ1n) is 3.60. The second-order valence-electron chi connectivity index (χ2n) is 2.61. The van der Waals surface area contributed by atoms with Crippen LogP contribution in [-0.4, -0.2) is 16.8 Å². The fraction of sp³-hybridized carbons (Fsp3) is 0.250. The fourth-order valence-electron chi connectivity index (χ4n) is 0.947. The molecule has 0 aromatic heterocycles. The lowest BCUT2D eigenvalue weighted by atomic mass is 10.1. The Morgan fingerprint density at radius 1 is 1.54 bits per heavy atom. The largest absolute Gasteiger partial charge is 0.508 e. The molecule has 13 heavy (non-hydrogen) atoms. The second kappa shape index (κ2) is 4.28. The van der Waals surface area contributed by atoms with Gasteiger partial charge >= 0.3 is 0 Å². The molecule has 0 saturated carbocycles. The molecule has 0 heterocycles. The second-order valence-corrected chi connectivity index (χ2v) is 3.88. The van der Waals surface area contributed by atoms with E-state index in [1.54, 1.807) is 6.07 Å². The highest BCUT2D eigenvalue weighted by atomic mass is 79.9. The van der Waals surface area contributed by atoms with Crippen molar-refractivity contribution in [3.05, 3.63) is 27.2 Å². The van der Waals surface area contributed by atoms with Crippen LogP contribution in [0.25, 0.3) is 0 Å². The van der Waals surface area contributed by atoms with Crippen molar-refractivity contribution in [3.8, 4) is 5.75 Å². The molecule has 1 atom stereocenters. The van der Waals surface area contributed by atoms with Crippen LogP contribution in [0.4, 0.5) is 0 Å². The number of rotatable bonds is 2. The maximum absolute atomic E-state index is 9.42. The third-order valence-corrected chi connectivity index (χ3v) is 2.86. The molecule has 0 amide bonds. The van der Waals surface area contributed by atoms with Gasteiger partial charge in [-0.3, -0.25) is 0 Å². The average Bonchev–Trinajstić information content (AvgIpc) is 2.10. The van der Waals surface area contributed by atoms with Crippen LogP contribution >= 0.6 is 27.5 Å². The number of halogens is 2. The summed E-state index contributed by atoms with van der Waals surface area (Å²) in [6.45, 7) is -0.221. The number of aromatic hydroxyl groups is 1. The normalized spacial score (nSPS) is 12.9. The molecule has 0 saturated heterocycles. The van der Waals surface area contributed by atoms with E-state index in [1.165, 1.54) is 6.07 Å². The van der Waals surface area contributed by atoms with Crippen LogP contribution in [0, 0.1) is 0 Å². The summed E-state index contributed by atoms with van der Waals surface area (Å²) in [6.07, 6.45) is 0. The molecule has 5 heteroatoms. The van der Waals surface area contributed by atoms with E-state index >= 15 is 0 Å². The minimum Gasteiger partial charge on any atom is -0.508 e. The molecule has 0 radical (unpaired) electrons. The van der Waals surface area contributed by atoms with E-state index in [4.69, 9.17) is 22.4 Å². The number of phenolic OH excluding ortho intramolecular Hbond substituents is 1. The van der Waals surface area contributed by atoms with E-state index in [2.05, 4.69) is 15.9 Å². The molecule has 0 aliphatic rings. The van der Waals surface area contributed by atoms with Gasteiger partial charge in [0.1, 0.15) is 5.75 Å². The van der Waals surface area contributed by atoms with Crippen LogP contribution < -0.4 is 5.73 Å². The highest BCUT2D eigenvalue weighted by Gasteiger charge is 2.12. The Morgan fingerprint density at radius 2 is 2.15 bits per heavy atom. The van der Waals surface area contributed by atoms with Crippen LogP contribution in [-0.2, 0) is 0 Å². The Bertz CT molecular complexity index is 319. The van der Waals surface area contributed by atoms with Crippen LogP contribution in [0.1, 0.15) is 11.6 Å². The molecule has 0 unspecified atom stereocenters. The minimum absolute atomic E-state index is 0.00486. The van der Waals surface area contributed by atoms with Gasteiger partial charge in [-0.15, -0.1) is 0 Å². The summed E-state index contributed by atoms with van der Waals surface area (Å²) in [7, 11) is 0. The molecule has 0 aliphatic heterocycles. The van der Waals surface area contributed by atoms with E-state index in [1.807, 2.05) is 0 Å². The van der Waals surface area contributed by atoms with Gasteiger partial charge in [0.05, 0.1) is 17.7 Å². The molecule has 1 aromatic carbocycles. The number of phenols is 1. The van der Waals surface area contributed by atoms with E-state index in [0.717, 1.165) is 0 Å². The number of hydrogen-bond acceptors (Lipinski definition) is 3. The highest BCUT2D eigenvalue weighted by Crippen LogP contribution is 2.32. The summed E-state index contributed by atoms with van der Waals surface area (Å²) in [6, 6.07) is 2.39. The molecule has 72 valence electrons. The molecule has 4 N–H and O–H groups in total. The molecular formula is C8H9BrClNO2. The lowest BCUT2D eigenvalue weighted by Crippen LogP contribution is -2.14. The van der Waals surface area contributed by atoms with E-state index in [-0.39, 0.29) is 12.4 Å². The van der Waals surface area contributed by atoms with Crippen LogP contribution in [0.3, 0.4) is 0 Å². The first kappa shape index (κ1) is 10.8. The third kappa shape index (κ3) is 2.34. The van der Waals surface area contributed by atoms with Gasteiger partial charge in [-0.25, -0.2) is 0 Å². The van der Waals surface area contributed by atoms with Crippen molar-refractivity contribution >= 4 is 27.5 Å². The Kier molecular flexibility index (Phi) is 3.55. The van der Waals surface area contributed by atoms with Gasteiger partial charge in [-0.2, -0.15) is 0 Å². The van der Waals surface area contributed by atoms with Gasteiger partial charge in [-0.1, -0.05) is 11.6 Å². The van der Waals surface area contributed by atoms with E-state index in [0.29, 0.717) is 15.1 Å². The molecule has 0 spiro atoms. The first-order chi connectivity index (χ1) is 6.06. The summed E-state index contributed by atoms with van der Waals surface area (Å²) in [4.78, 5) is 0. The number of hydrogen-bond donors (Lipinski definition) is 3. The summed E-state index contributed by atoms with van der Waals surface area (Å²) >= 11 is 8.92. The van der Waals surface area contributed by atoms with Crippen LogP contribution in [0.2, 0.25) is 5.02 Å². The van der Waals surface area contributed by atoms with Gasteiger partial charge in [-0.05, 0) is 28.1 Å². The van der Waals surface area contributed by atoms with Crippen molar-refractivity contribution in [2.45, 2.75) is 6.04 Å². The Hall–Kier alpha value is -0.290. The number of benzene rings is 1. The number of aliphatic hydroxyl groups is 1. The lowest BCUT2D eigenvalue weighted by Gasteiger charge is -2.11. The van der Waals surface area contributed by atoms with Gasteiger partial charge in [0, 0.05) is 10.0 Å². The maximum atomic E-state index is 9.42. The quantitative estimate of drug-likeness (QED) is 0.765. The lowest BCUT2D eigenvalue weighted by molar-refractivity contribution is 0.265. The van der Waals surface area contributed by atoms with E-state index < -0.39 is 6.04 Å². The maximum Gasteiger partial charge on any atom is 0.121 e. The zero-order valence-corrected chi connectivity index (χ0v) is 9.01. The highest BCUT2D eigenvalue weighted by molar-refractivity contribution is 9.10. The fourth-order valence-corrected chi connectivity index (χ4v) is 1.47. The Morgan fingerprint density at radius 3 is 2.69 bits per heavy atom. The van der Waals surface area contributed by atoms with E-state index in [9.17, 15) is 5.11 Å². The Balaban J connectivity index is 3.15. The number of nitrogens with two attached hydrogens (primary N) is 1. The smallest absolute Gasteiger partial charge is 0.121 e. The zero-order valence-electron chi connectivity index (χ0n) is 6.67.